The number of nitrogens with zero attached hydrogens (tertiary/aromatic N) is 2. The van der Waals surface area contributed by atoms with E-state index in [1.54, 1.807) is 0 Å². The number of aromatic nitrogens is 2. The van der Waals surface area contributed by atoms with Crippen molar-refractivity contribution in [2.45, 2.75) is 31.0 Å². The topological polar surface area (TPSA) is 59.2 Å². The van der Waals surface area contributed by atoms with Crippen molar-refractivity contribution < 1.29 is 22.8 Å². The molecular formula is C13H10BrF3N2O2. The molecule has 0 aliphatic heterocycles. The van der Waals surface area contributed by atoms with Crippen LogP contribution < -0.4 is 0 Å². The van der Waals surface area contributed by atoms with Gasteiger partial charge in [-0.25, -0.2) is 0 Å². The highest BCUT2D eigenvalue weighted by Crippen LogP contribution is 2.40. The van der Waals surface area contributed by atoms with Crippen LogP contribution in [0.5, 0.6) is 0 Å². The van der Waals surface area contributed by atoms with Crippen LogP contribution in [0.4, 0.5) is 13.2 Å². The summed E-state index contributed by atoms with van der Waals surface area (Å²) in [6.07, 6.45) is -3.92. The largest absolute Gasteiger partial charge is 0.417 e. The lowest BCUT2D eigenvalue weighted by molar-refractivity contribution is -0.137. The molecule has 1 heterocycles. The molecule has 0 unspecified atom stereocenters. The molecule has 3 rings (SSSR count). The summed E-state index contributed by atoms with van der Waals surface area (Å²) in [5, 5.41) is 12.9. The van der Waals surface area contributed by atoms with Gasteiger partial charge in [-0.15, -0.1) is 0 Å². The van der Waals surface area contributed by atoms with E-state index < -0.39 is 17.8 Å². The fourth-order valence-corrected chi connectivity index (χ4v) is 2.61. The Bertz CT molecular complexity index is 666. The molecule has 1 N–H and O–H groups in total. The molecule has 21 heavy (non-hydrogen) atoms. The lowest BCUT2D eigenvalue weighted by Crippen LogP contribution is -2.26. The van der Waals surface area contributed by atoms with Gasteiger partial charge in [-0.2, -0.15) is 18.2 Å². The third-order valence-electron chi connectivity index (χ3n) is 3.43. The molecule has 0 saturated heterocycles. The maximum absolute atomic E-state index is 13.1. The second-order valence-corrected chi connectivity index (χ2v) is 5.88. The van der Waals surface area contributed by atoms with E-state index in [1.807, 2.05) is 0 Å². The van der Waals surface area contributed by atoms with Crippen molar-refractivity contribution in [3.63, 3.8) is 0 Å². The Morgan fingerprint density at radius 2 is 2.00 bits per heavy atom. The summed E-state index contributed by atoms with van der Waals surface area (Å²) >= 11 is 3.02. The third-order valence-corrected chi connectivity index (χ3v) is 3.93. The molecule has 0 spiro atoms. The molecule has 1 aliphatic rings. The van der Waals surface area contributed by atoms with Gasteiger partial charge in [-0.05, 0) is 31.0 Å². The predicted octanol–water partition coefficient (Wildman–Crippen LogP) is 3.76. The molecule has 1 aromatic heterocycles. The summed E-state index contributed by atoms with van der Waals surface area (Å²) in [7, 11) is 0. The standard InChI is InChI=1S/C13H10BrF3N2O2/c14-7-1-2-9(10(5-7)13(15,16)17)11-18-12(21-19-11)6-3-8(20)4-6/h1-2,5-6,8,20H,3-4H2. The highest BCUT2D eigenvalue weighted by Gasteiger charge is 2.37. The number of aliphatic hydroxyl groups is 1. The quantitative estimate of drug-likeness (QED) is 0.883. The number of alkyl halides is 3. The maximum atomic E-state index is 13.1. The first kappa shape index (κ1) is 14.5. The summed E-state index contributed by atoms with van der Waals surface area (Å²) in [5.74, 6) is 0.101. The van der Waals surface area contributed by atoms with E-state index in [2.05, 4.69) is 26.1 Å². The van der Waals surface area contributed by atoms with Crippen molar-refractivity contribution in [3.8, 4) is 11.4 Å². The van der Waals surface area contributed by atoms with E-state index >= 15 is 0 Å². The van der Waals surface area contributed by atoms with Gasteiger partial charge in [0.25, 0.3) is 0 Å². The van der Waals surface area contributed by atoms with Crippen LogP contribution >= 0.6 is 15.9 Å². The molecule has 2 aromatic rings. The summed E-state index contributed by atoms with van der Waals surface area (Å²) in [6, 6.07) is 3.78. The molecule has 1 aliphatic carbocycles. The van der Waals surface area contributed by atoms with Gasteiger partial charge < -0.3 is 9.63 Å². The second-order valence-electron chi connectivity index (χ2n) is 4.97. The second kappa shape index (κ2) is 5.10. The summed E-state index contributed by atoms with van der Waals surface area (Å²) in [6.45, 7) is 0. The zero-order valence-corrected chi connectivity index (χ0v) is 12.1. The van der Waals surface area contributed by atoms with E-state index in [-0.39, 0.29) is 23.2 Å². The smallest absolute Gasteiger partial charge is 0.393 e. The molecular weight excluding hydrogens is 353 g/mol. The van der Waals surface area contributed by atoms with E-state index in [0.717, 1.165) is 6.07 Å². The molecule has 0 atom stereocenters. The SMILES string of the molecule is OC1CC(c2nc(-c3ccc(Br)cc3C(F)(F)F)no2)C1. The Kier molecular flexibility index (Phi) is 3.53. The zero-order valence-electron chi connectivity index (χ0n) is 10.6. The van der Waals surface area contributed by atoms with Crippen molar-refractivity contribution in [2.75, 3.05) is 0 Å². The minimum absolute atomic E-state index is 0.0777. The predicted molar refractivity (Wildman–Crippen MR) is 70.4 cm³/mol. The zero-order chi connectivity index (χ0) is 15.2. The average Bonchev–Trinajstić information content (AvgIpc) is 2.83. The monoisotopic (exact) mass is 362 g/mol. The van der Waals surface area contributed by atoms with E-state index in [1.165, 1.54) is 12.1 Å². The van der Waals surface area contributed by atoms with E-state index in [4.69, 9.17) is 4.52 Å². The Morgan fingerprint density at radius 3 is 2.62 bits per heavy atom. The van der Waals surface area contributed by atoms with Crippen LogP contribution in [0.15, 0.2) is 27.2 Å². The fourth-order valence-electron chi connectivity index (χ4n) is 2.25. The molecule has 0 radical (unpaired) electrons. The summed E-state index contributed by atoms with van der Waals surface area (Å²) < 4.78 is 44.5. The number of hydrogen-bond donors (Lipinski definition) is 1. The van der Waals surface area contributed by atoms with Gasteiger partial charge in [0.2, 0.25) is 11.7 Å². The van der Waals surface area contributed by atoms with Crippen LogP contribution in [0.2, 0.25) is 0 Å². The van der Waals surface area contributed by atoms with Crippen LogP contribution in [0.1, 0.15) is 30.2 Å². The Balaban J connectivity index is 1.97. The van der Waals surface area contributed by atoms with Crippen LogP contribution in [-0.4, -0.2) is 21.4 Å². The molecule has 4 nitrogen and oxygen atoms in total. The van der Waals surface area contributed by atoms with Gasteiger partial charge in [-0.3, -0.25) is 0 Å². The van der Waals surface area contributed by atoms with Crippen LogP contribution in [0.25, 0.3) is 11.4 Å². The number of benzene rings is 1. The number of halogens is 4. The molecule has 1 saturated carbocycles. The lowest BCUT2D eigenvalue weighted by Gasteiger charge is -2.27. The number of hydrogen-bond acceptors (Lipinski definition) is 4. The van der Waals surface area contributed by atoms with Gasteiger partial charge in [-0.1, -0.05) is 21.1 Å². The highest BCUT2D eigenvalue weighted by atomic mass is 79.9. The first-order chi connectivity index (χ1) is 9.84. The minimum atomic E-state index is -4.51. The molecule has 1 aromatic carbocycles. The Labute approximate surface area is 126 Å². The van der Waals surface area contributed by atoms with Crippen molar-refractivity contribution in [3.05, 3.63) is 34.1 Å². The van der Waals surface area contributed by atoms with E-state index in [0.29, 0.717) is 17.3 Å². The van der Waals surface area contributed by atoms with E-state index in [9.17, 15) is 18.3 Å². The van der Waals surface area contributed by atoms with Gasteiger partial charge in [0.1, 0.15) is 0 Å². The third kappa shape index (κ3) is 2.82. The fraction of sp³-hybridized carbons (Fsp3) is 0.385. The van der Waals surface area contributed by atoms with Crippen molar-refractivity contribution in [1.82, 2.24) is 10.1 Å². The summed E-state index contributed by atoms with van der Waals surface area (Å²) in [5.41, 5.74) is -0.946. The highest BCUT2D eigenvalue weighted by molar-refractivity contribution is 9.10. The molecule has 112 valence electrons. The van der Waals surface area contributed by atoms with Crippen molar-refractivity contribution in [1.29, 1.82) is 0 Å². The van der Waals surface area contributed by atoms with Crippen LogP contribution in [0.3, 0.4) is 0 Å². The van der Waals surface area contributed by atoms with Gasteiger partial charge in [0.15, 0.2) is 0 Å². The molecule has 0 bridgehead atoms. The Hall–Kier alpha value is -1.41. The van der Waals surface area contributed by atoms with Gasteiger partial charge in [0.05, 0.1) is 11.7 Å². The average molecular weight is 363 g/mol. The molecule has 1 fully saturated rings. The van der Waals surface area contributed by atoms with Crippen LogP contribution in [-0.2, 0) is 6.18 Å². The number of aliphatic hydroxyl groups excluding tert-OH is 1. The normalized spacial score (nSPS) is 22.1. The first-order valence-electron chi connectivity index (χ1n) is 6.23. The molecule has 0 amide bonds. The van der Waals surface area contributed by atoms with Gasteiger partial charge >= 0.3 is 6.18 Å². The minimum Gasteiger partial charge on any atom is -0.393 e. The van der Waals surface area contributed by atoms with Crippen molar-refractivity contribution in [2.24, 2.45) is 0 Å². The summed E-state index contributed by atoms with van der Waals surface area (Å²) in [4.78, 5) is 4.04. The first-order valence-corrected chi connectivity index (χ1v) is 7.02. The van der Waals surface area contributed by atoms with Gasteiger partial charge in [0, 0.05) is 16.0 Å². The maximum Gasteiger partial charge on any atom is 0.417 e. The van der Waals surface area contributed by atoms with Crippen LogP contribution in [0, 0.1) is 0 Å². The Morgan fingerprint density at radius 1 is 1.29 bits per heavy atom. The van der Waals surface area contributed by atoms with Crippen molar-refractivity contribution >= 4 is 15.9 Å². The number of rotatable bonds is 2. The lowest BCUT2D eigenvalue weighted by atomic mass is 9.82. The molecule has 8 heteroatoms.